The fourth-order valence-electron chi connectivity index (χ4n) is 2.75. The maximum absolute atomic E-state index is 12.7. The number of benzene rings is 2. The number of imide groups is 1. The molecule has 0 spiro atoms. The Morgan fingerprint density at radius 3 is 2.50 bits per heavy atom. The number of thioether (sulfide) groups is 1. The summed E-state index contributed by atoms with van der Waals surface area (Å²) in [5.41, 5.74) is 0.217. The molecule has 0 saturated carbocycles. The first-order chi connectivity index (χ1) is 13.4. The van der Waals surface area contributed by atoms with Crippen molar-refractivity contribution in [2.24, 2.45) is 0 Å². The van der Waals surface area contributed by atoms with Crippen molar-refractivity contribution in [3.8, 4) is 17.2 Å². The van der Waals surface area contributed by atoms with Gasteiger partial charge in [0.25, 0.3) is 11.1 Å². The van der Waals surface area contributed by atoms with Gasteiger partial charge in [-0.25, -0.2) is 9.69 Å². The predicted molar refractivity (Wildman–Crippen MR) is 103 cm³/mol. The van der Waals surface area contributed by atoms with Crippen LogP contribution in [-0.4, -0.2) is 41.5 Å². The molecule has 144 valence electrons. The van der Waals surface area contributed by atoms with Gasteiger partial charge in [0, 0.05) is 6.07 Å². The number of phenols is 1. The molecular formula is C19H15NO7S. The average molecular weight is 401 g/mol. The fourth-order valence-corrected chi connectivity index (χ4v) is 3.58. The normalized spacial score (nSPS) is 15.2. The monoisotopic (exact) mass is 401 g/mol. The Morgan fingerprint density at radius 1 is 1.14 bits per heavy atom. The summed E-state index contributed by atoms with van der Waals surface area (Å²) in [7, 11) is 2.69. The van der Waals surface area contributed by atoms with Gasteiger partial charge in [0.1, 0.15) is 11.3 Å². The van der Waals surface area contributed by atoms with Gasteiger partial charge in [0.2, 0.25) is 0 Å². The third-order valence-corrected chi connectivity index (χ3v) is 4.83. The lowest BCUT2D eigenvalue weighted by atomic mass is 10.0. The lowest BCUT2D eigenvalue weighted by Gasteiger charge is -2.13. The molecule has 0 unspecified atom stereocenters. The molecule has 3 rings (SSSR count). The molecule has 2 aromatic rings. The van der Waals surface area contributed by atoms with E-state index in [4.69, 9.17) is 9.47 Å². The molecule has 28 heavy (non-hydrogen) atoms. The number of amides is 2. The highest BCUT2D eigenvalue weighted by Gasteiger charge is 2.37. The molecule has 1 heterocycles. The summed E-state index contributed by atoms with van der Waals surface area (Å²) in [6.07, 6.45) is 1.32. The summed E-state index contributed by atoms with van der Waals surface area (Å²) in [6.45, 7) is 0. The number of hydrogen-bond donors (Lipinski definition) is 2. The summed E-state index contributed by atoms with van der Waals surface area (Å²) in [5.74, 6) is -1.74. The van der Waals surface area contributed by atoms with E-state index in [2.05, 4.69) is 0 Å². The van der Waals surface area contributed by atoms with Gasteiger partial charge in [-0.3, -0.25) is 9.59 Å². The van der Waals surface area contributed by atoms with Crippen LogP contribution in [0.4, 0.5) is 10.5 Å². The van der Waals surface area contributed by atoms with Crippen LogP contribution < -0.4 is 14.4 Å². The number of phenolic OH excluding ortho intramolecular Hbond substituents is 1. The quantitative estimate of drug-likeness (QED) is 0.734. The first kappa shape index (κ1) is 19.3. The summed E-state index contributed by atoms with van der Waals surface area (Å²) in [6, 6.07) is 8.70. The second-order valence-corrected chi connectivity index (χ2v) is 6.60. The van der Waals surface area contributed by atoms with Crippen LogP contribution in [0.2, 0.25) is 0 Å². The second kappa shape index (κ2) is 7.65. The highest BCUT2D eigenvalue weighted by molar-refractivity contribution is 8.19. The molecule has 2 N–H and O–H groups in total. The van der Waals surface area contributed by atoms with Crippen LogP contribution in [0.15, 0.2) is 41.3 Å². The number of methoxy groups -OCH3 is 2. The summed E-state index contributed by atoms with van der Waals surface area (Å²) in [5, 5.41) is 18.6. The lowest BCUT2D eigenvalue weighted by Crippen LogP contribution is -2.27. The standard InChI is InChI=1S/C19H15NO7S/c1-26-13-7-6-10(15(18(23)24)16(13)27-2)8-14-17(22)20(19(25)28-14)11-4-3-5-12(21)9-11/h3-9,21H,1-2H3,(H,23,24)/b14-8+. The molecule has 0 aromatic heterocycles. The molecule has 0 atom stereocenters. The van der Waals surface area contributed by atoms with Crippen molar-refractivity contribution in [1.82, 2.24) is 0 Å². The van der Waals surface area contributed by atoms with Gasteiger partial charge in [-0.2, -0.15) is 0 Å². The number of aromatic hydroxyl groups is 1. The van der Waals surface area contributed by atoms with E-state index in [1.165, 1.54) is 56.7 Å². The number of anilines is 1. The van der Waals surface area contributed by atoms with Gasteiger partial charge in [-0.05, 0) is 41.6 Å². The number of nitrogens with zero attached hydrogens (tertiary/aromatic N) is 1. The van der Waals surface area contributed by atoms with Crippen molar-refractivity contribution in [3.63, 3.8) is 0 Å². The van der Waals surface area contributed by atoms with Crippen molar-refractivity contribution in [1.29, 1.82) is 0 Å². The predicted octanol–water partition coefficient (Wildman–Crippen LogP) is 3.35. The molecule has 1 aliphatic heterocycles. The van der Waals surface area contributed by atoms with Gasteiger partial charge in [-0.15, -0.1) is 0 Å². The number of ether oxygens (including phenoxy) is 2. The Kier molecular flexibility index (Phi) is 5.27. The molecule has 9 heteroatoms. The van der Waals surface area contributed by atoms with Crippen molar-refractivity contribution < 1.29 is 34.1 Å². The van der Waals surface area contributed by atoms with E-state index in [1.807, 2.05) is 0 Å². The smallest absolute Gasteiger partial charge is 0.340 e. The molecule has 0 aliphatic carbocycles. The Balaban J connectivity index is 2.06. The van der Waals surface area contributed by atoms with Gasteiger partial charge >= 0.3 is 5.97 Å². The SMILES string of the molecule is COc1ccc(/C=C2/SC(=O)N(c3cccc(O)c3)C2=O)c(C(=O)O)c1OC. The molecule has 0 bridgehead atoms. The van der Waals surface area contributed by atoms with E-state index >= 15 is 0 Å². The number of carbonyl (C=O) groups excluding carboxylic acids is 2. The summed E-state index contributed by atoms with van der Waals surface area (Å²) >= 11 is 0.673. The van der Waals surface area contributed by atoms with E-state index in [0.717, 1.165) is 4.90 Å². The van der Waals surface area contributed by atoms with Crippen LogP contribution in [-0.2, 0) is 4.79 Å². The number of carboxylic acids is 1. The zero-order valence-electron chi connectivity index (χ0n) is 14.8. The van der Waals surface area contributed by atoms with E-state index in [-0.39, 0.29) is 39.0 Å². The van der Waals surface area contributed by atoms with Gasteiger partial charge < -0.3 is 19.7 Å². The maximum Gasteiger partial charge on any atom is 0.340 e. The van der Waals surface area contributed by atoms with E-state index in [1.54, 1.807) is 0 Å². The topological polar surface area (TPSA) is 113 Å². The van der Waals surface area contributed by atoms with Crippen molar-refractivity contribution >= 4 is 40.6 Å². The minimum Gasteiger partial charge on any atom is -0.508 e. The Bertz CT molecular complexity index is 1020. The second-order valence-electron chi connectivity index (χ2n) is 5.61. The zero-order chi connectivity index (χ0) is 20.4. The Labute approximate surface area is 164 Å². The highest BCUT2D eigenvalue weighted by Crippen LogP contribution is 2.39. The summed E-state index contributed by atoms with van der Waals surface area (Å²) in [4.78, 5) is 37.8. The summed E-state index contributed by atoms with van der Waals surface area (Å²) < 4.78 is 10.3. The van der Waals surface area contributed by atoms with Gasteiger partial charge in [-0.1, -0.05) is 12.1 Å². The van der Waals surface area contributed by atoms with Crippen LogP contribution in [0.5, 0.6) is 17.2 Å². The lowest BCUT2D eigenvalue weighted by molar-refractivity contribution is -0.113. The molecule has 2 amide bonds. The van der Waals surface area contributed by atoms with E-state index in [9.17, 15) is 24.6 Å². The minimum absolute atomic E-state index is 0.0101. The molecule has 0 radical (unpaired) electrons. The van der Waals surface area contributed by atoms with Crippen LogP contribution in [0.3, 0.4) is 0 Å². The minimum atomic E-state index is -1.27. The van der Waals surface area contributed by atoms with Crippen LogP contribution in [0.1, 0.15) is 15.9 Å². The first-order valence-electron chi connectivity index (χ1n) is 7.92. The van der Waals surface area contributed by atoms with Crippen LogP contribution >= 0.6 is 11.8 Å². The molecular weight excluding hydrogens is 386 g/mol. The molecule has 1 fully saturated rings. The zero-order valence-corrected chi connectivity index (χ0v) is 15.6. The molecule has 1 aliphatic rings. The third-order valence-electron chi connectivity index (χ3n) is 3.96. The average Bonchev–Trinajstić information content (AvgIpc) is 2.94. The third kappa shape index (κ3) is 3.39. The number of hydrogen-bond acceptors (Lipinski definition) is 7. The first-order valence-corrected chi connectivity index (χ1v) is 8.74. The van der Waals surface area contributed by atoms with Crippen molar-refractivity contribution in [3.05, 3.63) is 52.4 Å². The highest BCUT2D eigenvalue weighted by atomic mass is 32.2. The Hall–Kier alpha value is -3.46. The number of aromatic carboxylic acids is 1. The van der Waals surface area contributed by atoms with Crippen molar-refractivity contribution in [2.45, 2.75) is 0 Å². The Morgan fingerprint density at radius 2 is 1.89 bits per heavy atom. The van der Waals surface area contributed by atoms with Crippen molar-refractivity contribution in [2.75, 3.05) is 19.1 Å². The number of rotatable bonds is 5. The van der Waals surface area contributed by atoms with E-state index < -0.39 is 17.1 Å². The number of carboxylic acid groups (broad SMARTS) is 1. The molecule has 8 nitrogen and oxygen atoms in total. The van der Waals surface area contributed by atoms with Gasteiger partial charge in [0.05, 0.1) is 24.8 Å². The largest absolute Gasteiger partial charge is 0.508 e. The fraction of sp³-hybridized carbons (Fsp3) is 0.105. The maximum atomic E-state index is 12.7. The van der Waals surface area contributed by atoms with Gasteiger partial charge in [0.15, 0.2) is 11.5 Å². The van der Waals surface area contributed by atoms with Crippen LogP contribution in [0.25, 0.3) is 6.08 Å². The molecule has 2 aromatic carbocycles. The molecule has 1 saturated heterocycles. The van der Waals surface area contributed by atoms with Crippen LogP contribution in [0, 0.1) is 0 Å². The van der Waals surface area contributed by atoms with E-state index in [0.29, 0.717) is 11.8 Å². The number of carbonyl (C=O) groups is 3.